The maximum Gasteiger partial charge on any atom is 0.333 e. The van der Waals surface area contributed by atoms with Crippen LogP contribution >= 0.6 is 0 Å². The molecule has 0 fully saturated rings. The third-order valence-corrected chi connectivity index (χ3v) is 6.09. The maximum absolute atomic E-state index is 12.8. The summed E-state index contributed by atoms with van der Waals surface area (Å²) in [5, 5.41) is 21.4. The summed E-state index contributed by atoms with van der Waals surface area (Å²) in [5.41, 5.74) is 0.464. The molecule has 0 saturated heterocycles. The second-order valence-electron chi connectivity index (χ2n) is 8.59. The van der Waals surface area contributed by atoms with E-state index in [1.807, 2.05) is 34.6 Å². The molecule has 0 radical (unpaired) electrons. The van der Waals surface area contributed by atoms with Crippen molar-refractivity contribution in [1.29, 1.82) is 0 Å². The van der Waals surface area contributed by atoms with Crippen molar-refractivity contribution in [3.05, 3.63) is 11.6 Å². The van der Waals surface area contributed by atoms with Crippen LogP contribution in [0, 0.1) is 29.6 Å². The van der Waals surface area contributed by atoms with E-state index in [-0.39, 0.29) is 29.5 Å². The molecule has 1 aliphatic rings. The summed E-state index contributed by atoms with van der Waals surface area (Å²) in [7, 11) is 0. The van der Waals surface area contributed by atoms with E-state index >= 15 is 0 Å². The summed E-state index contributed by atoms with van der Waals surface area (Å²) in [6.07, 6.45) is 1.74. The van der Waals surface area contributed by atoms with Crippen LogP contribution in [0.3, 0.4) is 0 Å². The second-order valence-corrected chi connectivity index (χ2v) is 8.59. The molecule has 8 atom stereocenters. The van der Waals surface area contributed by atoms with E-state index in [9.17, 15) is 19.8 Å². The molecule has 1 unspecified atom stereocenters. The van der Waals surface area contributed by atoms with Crippen LogP contribution in [0.25, 0.3) is 0 Å². The highest BCUT2D eigenvalue weighted by Crippen LogP contribution is 2.29. The van der Waals surface area contributed by atoms with Crippen LogP contribution in [0.5, 0.6) is 0 Å². The Balaban J connectivity index is 3.26. The predicted molar refractivity (Wildman–Crippen MR) is 106 cm³/mol. The molecular formula is C22H38O5. The van der Waals surface area contributed by atoms with Gasteiger partial charge in [0.15, 0.2) is 0 Å². The summed E-state index contributed by atoms with van der Waals surface area (Å²) in [5.74, 6) is -1.89. The van der Waals surface area contributed by atoms with Gasteiger partial charge < -0.3 is 14.9 Å². The largest absolute Gasteiger partial charge is 0.459 e. The zero-order chi connectivity index (χ0) is 20.9. The fourth-order valence-electron chi connectivity index (χ4n) is 4.13. The molecule has 5 nitrogen and oxygen atoms in total. The van der Waals surface area contributed by atoms with Crippen LogP contribution < -0.4 is 0 Å². The SMILES string of the molecule is CCC[C@H]1OC(=O)/C(C)=C/C(C)[C@@H](O)[C@@H](C)C[C@@H](C)C(=O)[C@H](C)[C@@H](O)[C@H]1C. The van der Waals surface area contributed by atoms with Crippen molar-refractivity contribution in [1.82, 2.24) is 0 Å². The van der Waals surface area contributed by atoms with E-state index in [1.165, 1.54) is 0 Å². The minimum atomic E-state index is -0.879. The van der Waals surface area contributed by atoms with Gasteiger partial charge in [0.1, 0.15) is 11.9 Å². The molecule has 2 N–H and O–H groups in total. The van der Waals surface area contributed by atoms with Gasteiger partial charge in [-0.2, -0.15) is 0 Å². The molecule has 0 aliphatic carbocycles. The number of cyclic esters (lactones) is 1. The maximum atomic E-state index is 12.8. The van der Waals surface area contributed by atoms with Gasteiger partial charge in [-0.1, -0.05) is 54.0 Å². The number of rotatable bonds is 2. The van der Waals surface area contributed by atoms with Gasteiger partial charge >= 0.3 is 5.97 Å². The lowest BCUT2D eigenvalue weighted by atomic mass is 9.78. The third kappa shape index (κ3) is 6.15. The normalized spacial score (nSPS) is 42.0. The zero-order valence-corrected chi connectivity index (χ0v) is 17.9. The van der Waals surface area contributed by atoms with Gasteiger partial charge in [0, 0.05) is 29.2 Å². The van der Waals surface area contributed by atoms with E-state index in [2.05, 4.69) is 0 Å². The van der Waals surface area contributed by atoms with E-state index in [1.54, 1.807) is 19.9 Å². The third-order valence-electron chi connectivity index (χ3n) is 6.09. The molecule has 0 saturated carbocycles. The molecule has 0 aromatic carbocycles. The van der Waals surface area contributed by atoms with Crippen molar-refractivity contribution in [2.75, 3.05) is 0 Å². The molecular weight excluding hydrogens is 344 g/mol. The average Bonchev–Trinajstić information content (AvgIpc) is 2.63. The summed E-state index contributed by atoms with van der Waals surface area (Å²) < 4.78 is 5.69. The molecule has 5 heteroatoms. The van der Waals surface area contributed by atoms with Crippen molar-refractivity contribution in [2.45, 2.75) is 86.0 Å². The lowest BCUT2D eigenvalue weighted by Gasteiger charge is -2.33. The number of aliphatic hydroxyl groups excluding tert-OH is 2. The van der Waals surface area contributed by atoms with Crippen LogP contribution in [0.2, 0.25) is 0 Å². The van der Waals surface area contributed by atoms with Gasteiger partial charge in [-0.25, -0.2) is 4.79 Å². The minimum Gasteiger partial charge on any atom is -0.459 e. The second kappa shape index (κ2) is 10.4. The number of esters is 1. The molecule has 0 amide bonds. The highest BCUT2D eigenvalue weighted by molar-refractivity contribution is 5.88. The molecule has 0 spiro atoms. The first-order valence-electron chi connectivity index (χ1n) is 10.3. The van der Waals surface area contributed by atoms with Gasteiger partial charge in [-0.15, -0.1) is 0 Å². The van der Waals surface area contributed by atoms with Crippen molar-refractivity contribution in [3.63, 3.8) is 0 Å². The first-order chi connectivity index (χ1) is 12.5. The van der Waals surface area contributed by atoms with Crippen molar-refractivity contribution in [2.24, 2.45) is 29.6 Å². The number of carbonyl (C=O) groups is 2. The Hall–Kier alpha value is -1.20. The van der Waals surface area contributed by atoms with Gasteiger partial charge in [0.25, 0.3) is 0 Å². The number of hydrogen-bond acceptors (Lipinski definition) is 5. The summed E-state index contributed by atoms with van der Waals surface area (Å²) in [6, 6.07) is 0. The lowest BCUT2D eigenvalue weighted by Crippen LogP contribution is -2.41. The molecule has 156 valence electrons. The molecule has 0 bridgehead atoms. The Kier molecular flexibility index (Phi) is 9.16. The molecule has 1 aliphatic heterocycles. The number of aliphatic hydroxyl groups is 2. The van der Waals surface area contributed by atoms with Gasteiger partial charge in [0.2, 0.25) is 0 Å². The highest BCUT2D eigenvalue weighted by atomic mass is 16.5. The van der Waals surface area contributed by atoms with Crippen molar-refractivity contribution >= 4 is 11.8 Å². The van der Waals surface area contributed by atoms with E-state index < -0.39 is 30.2 Å². The smallest absolute Gasteiger partial charge is 0.333 e. The Morgan fingerprint density at radius 3 is 2.22 bits per heavy atom. The standard InChI is InChI=1S/C22H38O5/c1-8-9-18-16(6)21(25)17(7)20(24)14(4)10-12(2)19(23)13(3)11-15(5)22(26)27-18/h11-14,16-19,21,23,25H,8-10H2,1-7H3/b15-11+/t12-,13?,14+,16-,17-,18+,19-,21-/m0/s1. The van der Waals surface area contributed by atoms with Gasteiger partial charge in [-0.3, -0.25) is 4.79 Å². The Morgan fingerprint density at radius 2 is 1.67 bits per heavy atom. The zero-order valence-electron chi connectivity index (χ0n) is 17.9. The fourth-order valence-corrected chi connectivity index (χ4v) is 4.13. The number of carbonyl (C=O) groups excluding carboxylic acids is 2. The lowest BCUT2D eigenvalue weighted by molar-refractivity contribution is -0.151. The monoisotopic (exact) mass is 382 g/mol. The quantitative estimate of drug-likeness (QED) is 0.714. The molecule has 1 rings (SSSR count). The van der Waals surface area contributed by atoms with E-state index in [4.69, 9.17) is 4.74 Å². The number of ether oxygens (including phenoxy) is 1. The molecule has 27 heavy (non-hydrogen) atoms. The summed E-state index contributed by atoms with van der Waals surface area (Å²) >= 11 is 0. The molecule has 0 aromatic heterocycles. The number of ketones is 1. The number of hydrogen-bond donors (Lipinski definition) is 2. The first kappa shape index (κ1) is 23.8. The Morgan fingerprint density at radius 1 is 1.07 bits per heavy atom. The van der Waals surface area contributed by atoms with Crippen LogP contribution in [0.15, 0.2) is 11.6 Å². The Bertz CT molecular complexity index is 541. The Labute approximate surface area is 164 Å². The average molecular weight is 383 g/mol. The van der Waals surface area contributed by atoms with Gasteiger partial charge in [-0.05, 0) is 25.7 Å². The van der Waals surface area contributed by atoms with Crippen LogP contribution in [-0.2, 0) is 14.3 Å². The predicted octanol–water partition coefficient (Wildman–Crippen LogP) is 3.52. The van der Waals surface area contributed by atoms with Gasteiger partial charge in [0.05, 0.1) is 12.2 Å². The topological polar surface area (TPSA) is 83.8 Å². The van der Waals surface area contributed by atoms with Crippen molar-refractivity contribution in [3.8, 4) is 0 Å². The first-order valence-corrected chi connectivity index (χ1v) is 10.3. The van der Waals surface area contributed by atoms with Crippen LogP contribution in [0.4, 0.5) is 0 Å². The van der Waals surface area contributed by atoms with E-state index in [0.717, 1.165) is 6.42 Å². The summed E-state index contributed by atoms with van der Waals surface area (Å²) in [4.78, 5) is 25.4. The highest BCUT2D eigenvalue weighted by Gasteiger charge is 2.36. The molecule has 1 heterocycles. The molecule has 0 aromatic rings. The summed E-state index contributed by atoms with van der Waals surface area (Å²) in [6.45, 7) is 12.9. The van der Waals surface area contributed by atoms with Crippen molar-refractivity contribution < 1.29 is 24.5 Å². The van der Waals surface area contributed by atoms with Crippen LogP contribution in [-0.4, -0.2) is 40.3 Å². The van der Waals surface area contributed by atoms with Crippen LogP contribution in [0.1, 0.15) is 67.7 Å². The fraction of sp³-hybridized carbons (Fsp3) is 0.818. The number of Topliss-reactive ketones (excluding diaryl/α,β-unsaturated/α-hetero) is 1. The minimum absolute atomic E-state index is 0.00795. The van der Waals surface area contributed by atoms with E-state index in [0.29, 0.717) is 18.4 Å².